The van der Waals surface area contributed by atoms with Crippen LogP contribution in [-0.2, 0) is 9.59 Å². The molecule has 96 valence electrons. The second kappa shape index (κ2) is 4.83. The number of carbonyl (C=O) groups is 2. The molecule has 3 atom stereocenters. The highest BCUT2D eigenvalue weighted by Crippen LogP contribution is 2.43. The molecule has 2 nitrogen and oxygen atoms in total. The fourth-order valence-electron chi connectivity index (χ4n) is 3.78. The fourth-order valence-corrected chi connectivity index (χ4v) is 3.78. The number of rotatable bonds is 1. The van der Waals surface area contributed by atoms with E-state index in [4.69, 9.17) is 0 Å². The lowest BCUT2D eigenvalue weighted by molar-refractivity contribution is -0.116. The van der Waals surface area contributed by atoms with Gasteiger partial charge < -0.3 is 0 Å². The summed E-state index contributed by atoms with van der Waals surface area (Å²) in [6, 6.07) is 0. The smallest absolute Gasteiger partial charge is 0.155 e. The number of hydrogen-bond acceptors (Lipinski definition) is 2. The molecule has 18 heavy (non-hydrogen) atoms. The Morgan fingerprint density at radius 2 is 1.78 bits per heavy atom. The van der Waals surface area contributed by atoms with Gasteiger partial charge in [-0.25, -0.2) is 0 Å². The first-order valence-electron chi connectivity index (χ1n) is 7.16. The van der Waals surface area contributed by atoms with Crippen LogP contribution >= 0.6 is 0 Å². The molecule has 3 rings (SSSR count). The Morgan fingerprint density at radius 1 is 0.944 bits per heavy atom. The summed E-state index contributed by atoms with van der Waals surface area (Å²) >= 11 is 0. The molecule has 0 aromatic heterocycles. The van der Waals surface area contributed by atoms with Crippen LogP contribution in [0, 0.1) is 17.8 Å². The van der Waals surface area contributed by atoms with E-state index < -0.39 is 0 Å². The molecule has 1 saturated carbocycles. The third-order valence-electron chi connectivity index (χ3n) is 4.86. The summed E-state index contributed by atoms with van der Waals surface area (Å²) in [5, 5.41) is 0. The van der Waals surface area contributed by atoms with Crippen LogP contribution in [0.2, 0.25) is 0 Å². The molecule has 0 spiro atoms. The number of allylic oxidation sites excluding steroid dienone is 4. The van der Waals surface area contributed by atoms with E-state index >= 15 is 0 Å². The minimum Gasteiger partial charge on any atom is -0.295 e. The zero-order chi connectivity index (χ0) is 12.5. The number of carbonyl (C=O) groups excluding carboxylic acids is 2. The van der Waals surface area contributed by atoms with E-state index in [0.29, 0.717) is 17.6 Å². The van der Waals surface area contributed by atoms with Gasteiger partial charge in [0.1, 0.15) is 0 Å². The summed E-state index contributed by atoms with van der Waals surface area (Å²) in [5.74, 6) is 2.58. The summed E-state index contributed by atoms with van der Waals surface area (Å²) in [6.07, 6.45) is 12.9. The van der Waals surface area contributed by atoms with Crippen molar-refractivity contribution in [2.24, 2.45) is 17.8 Å². The lowest BCUT2D eigenvalue weighted by Crippen LogP contribution is -2.27. The van der Waals surface area contributed by atoms with Crippen LogP contribution in [0.25, 0.3) is 0 Å². The molecule has 0 amide bonds. The largest absolute Gasteiger partial charge is 0.295 e. The van der Waals surface area contributed by atoms with Crippen molar-refractivity contribution in [2.45, 2.75) is 44.9 Å². The topological polar surface area (TPSA) is 34.1 Å². The maximum atomic E-state index is 11.4. The van der Waals surface area contributed by atoms with E-state index in [2.05, 4.69) is 6.08 Å². The van der Waals surface area contributed by atoms with Crippen LogP contribution < -0.4 is 0 Å². The van der Waals surface area contributed by atoms with Crippen molar-refractivity contribution >= 4 is 11.6 Å². The number of fused-ring (bicyclic) bond motifs is 1. The van der Waals surface area contributed by atoms with Gasteiger partial charge in [-0.3, -0.25) is 9.59 Å². The number of ketones is 2. The monoisotopic (exact) mass is 244 g/mol. The van der Waals surface area contributed by atoms with Gasteiger partial charge in [0.05, 0.1) is 0 Å². The first kappa shape index (κ1) is 11.9. The van der Waals surface area contributed by atoms with Crippen LogP contribution in [0.5, 0.6) is 0 Å². The molecule has 0 heterocycles. The molecule has 0 unspecified atom stereocenters. The van der Waals surface area contributed by atoms with Gasteiger partial charge in [-0.2, -0.15) is 0 Å². The molecule has 0 bridgehead atoms. The van der Waals surface area contributed by atoms with Crippen molar-refractivity contribution < 1.29 is 9.59 Å². The zero-order valence-corrected chi connectivity index (χ0v) is 10.7. The van der Waals surface area contributed by atoms with Crippen molar-refractivity contribution in [3.8, 4) is 0 Å². The average molecular weight is 244 g/mol. The molecule has 0 aromatic rings. The molecule has 3 aliphatic carbocycles. The maximum absolute atomic E-state index is 11.4. The Balaban J connectivity index is 1.68. The first-order chi connectivity index (χ1) is 8.72. The van der Waals surface area contributed by atoms with Crippen molar-refractivity contribution in [3.63, 3.8) is 0 Å². The molecule has 1 fully saturated rings. The zero-order valence-electron chi connectivity index (χ0n) is 10.7. The van der Waals surface area contributed by atoms with Gasteiger partial charge in [-0.05, 0) is 62.0 Å². The minimum absolute atomic E-state index is 0.283. The second-order valence-corrected chi connectivity index (χ2v) is 5.98. The standard InChI is InChI=1S/C16H20O2/c17-15-6-3-11(4-7-15)12-1-2-14-10-16(18)8-5-13(14)9-12/h3,6,10-13H,1-2,4-5,7-9H2/t11-,12+,13+/m1/s1. The van der Waals surface area contributed by atoms with E-state index in [0.717, 1.165) is 38.0 Å². The first-order valence-corrected chi connectivity index (χ1v) is 7.16. The SMILES string of the molecule is O=C1C=C2CC[C@H]([C@@H]3C=CC(=O)CC3)C[C@@H]2CC1. The van der Waals surface area contributed by atoms with E-state index in [9.17, 15) is 9.59 Å². The Hall–Kier alpha value is -1.18. The van der Waals surface area contributed by atoms with E-state index in [1.807, 2.05) is 6.08 Å². The van der Waals surface area contributed by atoms with E-state index in [-0.39, 0.29) is 5.78 Å². The second-order valence-electron chi connectivity index (χ2n) is 5.98. The van der Waals surface area contributed by atoms with Crippen molar-refractivity contribution in [1.82, 2.24) is 0 Å². The summed E-state index contributed by atoms with van der Waals surface area (Å²) in [4.78, 5) is 22.6. The van der Waals surface area contributed by atoms with Crippen LogP contribution in [0.4, 0.5) is 0 Å². The molecule has 0 N–H and O–H groups in total. The number of hydrogen-bond donors (Lipinski definition) is 0. The molecular weight excluding hydrogens is 224 g/mol. The van der Waals surface area contributed by atoms with Gasteiger partial charge in [0.25, 0.3) is 0 Å². The predicted octanol–water partition coefficient (Wildman–Crippen LogP) is 3.23. The van der Waals surface area contributed by atoms with E-state index in [1.165, 1.54) is 18.4 Å². The van der Waals surface area contributed by atoms with Gasteiger partial charge >= 0.3 is 0 Å². The molecule has 3 aliphatic rings. The van der Waals surface area contributed by atoms with Gasteiger partial charge in [0.2, 0.25) is 0 Å². The van der Waals surface area contributed by atoms with Crippen molar-refractivity contribution in [3.05, 3.63) is 23.8 Å². The molecule has 0 radical (unpaired) electrons. The average Bonchev–Trinajstić information content (AvgIpc) is 2.39. The molecule has 0 aromatic carbocycles. The highest BCUT2D eigenvalue weighted by molar-refractivity contribution is 5.91. The molecule has 0 aliphatic heterocycles. The fraction of sp³-hybridized carbons (Fsp3) is 0.625. The Labute approximate surface area is 108 Å². The third kappa shape index (κ3) is 2.33. The lowest BCUT2D eigenvalue weighted by Gasteiger charge is -2.37. The van der Waals surface area contributed by atoms with Gasteiger partial charge in [0, 0.05) is 12.8 Å². The predicted molar refractivity (Wildman–Crippen MR) is 70.0 cm³/mol. The highest BCUT2D eigenvalue weighted by Gasteiger charge is 2.33. The summed E-state index contributed by atoms with van der Waals surface area (Å²) in [5.41, 5.74) is 1.40. The molecular formula is C16H20O2. The van der Waals surface area contributed by atoms with E-state index in [1.54, 1.807) is 6.08 Å². The van der Waals surface area contributed by atoms with Gasteiger partial charge in [-0.1, -0.05) is 11.6 Å². The lowest BCUT2D eigenvalue weighted by atomic mass is 9.68. The highest BCUT2D eigenvalue weighted by atomic mass is 16.1. The van der Waals surface area contributed by atoms with Crippen LogP contribution in [0.3, 0.4) is 0 Å². The van der Waals surface area contributed by atoms with Crippen LogP contribution in [-0.4, -0.2) is 11.6 Å². The Bertz CT molecular complexity index is 430. The minimum atomic E-state index is 0.283. The normalized spacial score (nSPS) is 36.2. The summed E-state index contributed by atoms with van der Waals surface area (Å²) in [6.45, 7) is 0. The van der Waals surface area contributed by atoms with Gasteiger partial charge in [0.15, 0.2) is 11.6 Å². The van der Waals surface area contributed by atoms with Crippen molar-refractivity contribution in [1.29, 1.82) is 0 Å². The maximum Gasteiger partial charge on any atom is 0.155 e. The third-order valence-corrected chi connectivity index (χ3v) is 4.86. The Morgan fingerprint density at radius 3 is 2.56 bits per heavy atom. The van der Waals surface area contributed by atoms with Crippen LogP contribution in [0.1, 0.15) is 44.9 Å². The Kier molecular flexibility index (Phi) is 3.19. The molecule has 0 saturated heterocycles. The van der Waals surface area contributed by atoms with Crippen LogP contribution in [0.15, 0.2) is 23.8 Å². The van der Waals surface area contributed by atoms with Crippen molar-refractivity contribution in [2.75, 3.05) is 0 Å². The quantitative estimate of drug-likeness (QED) is 0.709. The van der Waals surface area contributed by atoms with Gasteiger partial charge in [-0.15, -0.1) is 0 Å². The summed E-state index contributed by atoms with van der Waals surface area (Å²) < 4.78 is 0. The summed E-state index contributed by atoms with van der Waals surface area (Å²) in [7, 11) is 0. The molecule has 2 heteroatoms.